The van der Waals surface area contributed by atoms with E-state index in [1.165, 1.54) is 5.56 Å². The first kappa shape index (κ1) is 15.9. The van der Waals surface area contributed by atoms with Crippen molar-refractivity contribution < 1.29 is 4.79 Å². The van der Waals surface area contributed by atoms with Crippen molar-refractivity contribution in [3.63, 3.8) is 0 Å². The van der Waals surface area contributed by atoms with E-state index in [-0.39, 0.29) is 11.3 Å². The lowest BCUT2D eigenvalue weighted by Crippen LogP contribution is -2.15. The maximum atomic E-state index is 12.1. The second kappa shape index (κ2) is 6.85. The minimum absolute atomic E-state index is 0.117. The topological polar surface area (TPSA) is 43.1 Å². The molecule has 0 aliphatic carbocycles. The van der Waals surface area contributed by atoms with Crippen LogP contribution in [0.1, 0.15) is 51.7 Å². The van der Waals surface area contributed by atoms with Gasteiger partial charge in [-0.2, -0.15) is 0 Å². The van der Waals surface area contributed by atoms with Crippen LogP contribution in [0.3, 0.4) is 0 Å². The van der Waals surface area contributed by atoms with Gasteiger partial charge < -0.3 is 5.73 Å². The first-order valence-electron chi connectivity index (χ1n) is 7.17. The first-order chi connectivity index (χ1) is 8.84. The van der Waals surface area contributed by atoms with Crippen LogP contribution < -0.4 is 5.73 Å². The Morgan fingerprint density at radius 3 is 2.26 bits per heavy atom. The van der Waals surface area contributed by atoms with Crippen molar-refractivity contribution in [1.29, 1.82) is 0 Å². The predicted molar refractivity (Wildman–Crippen MR) is 81.3 cm³/mol. The van der Waals surface area contributed by atoms with Crippen LogP contribution in [0.4, 0.5) is 0 Å². The van der Waals surface area contributed by atoms with Crippen LogP contribution in [-0.2, 0) is 16.6 Å². The summed E-state index contributed by atoms with van der Waals surface area (Å²) in [6.07, 6.45) is 2.36. The van der Waals surface area contributed by atoms with E-state index in [0.717, 1.165) is 18.4 Å². The van der Waals surface area contributed by atoms with Crippen LogP contribution in [0.25, 0.3) is 0 Å². The zero-order valence-electron chi connectivity index (χ0n) is 12.7. The summed E-state index contributed by atoms with van der Waals surface area (Å²) >= 11 is 0. The molecule has 19 heavy (non-hydrogen) atoms. The molecule has 106 valence electrons. The molecule has 2 N–H and O–H groups in total. The van der Waals surface area contributed by atoms with E-state index in [4.69, 9.17) is 5.73 Å². The summed E-state index contributed by atoms with van der Waals surface area (Å²) in [5.74, 6) is 0.433. The van der Waals surface area contributed by atoms with Crippen LogP contribution >= 0.6 is 0 Å². The van der Waals surface area contributed by atoms with Gasteiger partial charge >= 0.3 is 0 Å². The standard InChI is InChI=1S/C17H27NO/c1-13(6-5-11-18)16(19)12-14-7-9-15(10-8-14)17(2,3)4/h7-10,13H,5-6,11-12,18H2,1-4H3. The molecule has 0 aromatic heterocycles. The maximum absolute atomic E-state index is 12.1. The number of rotatable bonds is 6. The summed E-state index contributed by atoms with van der Waals surface area (Å²) in [6, 6.07) is 8.42. The highest BCUT2D eigenvalue weighted by atomic mass is 16.1. The molecule has 1 rings (SSSR count). The van der Waals surface area contributed by atoms with E-state index in [9.17, 15) is 4.79 Å². The number of carbonyl (C=O) groups excluding carboxylic acids is 1. The summed E-state index contributed by atoms with van der Waals surface area (Å²) in [7, 11) is 0. The second-order valence-electron chi connectivity index (χ2n) is 6.42. The smallest absolute Gasteiger partial charge is 0.140 e. The average molecular weight is 261 g/mol. The Labute approximate surface area is 117 Å². The van der Waals surface area contributed by atoms with Crippen molar-refractivity contribution in [2.24, 2.45) is 11.7 Å². The van der Waals surface area contributed by atoms with Gasteiger partial charge in [-0.25, -0.2) is 0 Å². The summed E-state index contributed by atoms with van der Waals surface area (Å²) in [5, 5.41) is 0. The van der Waals surface area contributed by atoms with Crippen LogP contribution in [0.15, 0.2) is 24.3 Å². The second-order valence-corrected chi connectivity index (χ2v) is 6.42. The number of nitrogens with two attached hydrogens (primary N) is 1. The van der Waals surface area contributed by atoms with Crippen molar-refractivity contribution in [1.82, 2.24) is 0 Å². The van der Waals surface area contributed by atoms with Gasteiger partial charge in [0.2, 0.25) is 0 Å². The van der Waals surface area contributed by atoms with E-state index < -0.39 is 0 Å². The third-order valence-corrected chi connectivity index (χ3v) is 3.59. The highest BCUT2D eigenvalue weighted by molar-refractivity contribution is 5.82. The van der Waals surface area contributed by atoms with Gasteiger partial charge in [0, 0.05) is 12.3 Å². The number of hydrogen-bond donors (Lipinski definition) is 1. The Hall–Kier alpha value is -1.15. The molecule has 0 radical (unpaired) electrons. The molecule has 0 saturated heterocycles. The Morgan fingerprint density at radius 1 is 1.21 bits per heavy atom. The molecule has 0 aliphatic heterocycles. The zero-order chi connectivity index (χ0) is 14.5. The molecule has 0 saturated carbocycles. The molecule has 1 aromatic rings. The van der Waals surface area contributed by atoms with Gasteiger partial charge in [0.15, 0.2) is 0 Å². The van der Waals surface area contributed by atoms with E-state index in [2.05, 4.69) is 45.0 Å². The zero-order valence-corrected chi connectivity index (χ0v) is 12.7. The third kappa shape index (κ3) is 5.15. The SMILES string of the molecule is CC(CCCN)C(=O)Cc1ccc(C(C)(C)C)cc1. The van der Waals surface area contributed by atoms with Crippen LogP contribution in [0.2, 0.25) is 0 Å². The number of ketones is 1. The molecule has 0 fully saturated rings. The molecule has 1 atom stereocenters. The van der Waals surface area contributed by atoms with E-state index in [1.54, 1.807) is 0 Å². The van der Waals surface area contributed by atoms with Crippen LogP contribution in [0, 0.1) is 5.92 Å². The molecule has 2 heteroatoms. The van der Waals surface area contributed by atoms with E-state index >= 15 is 0 Å². The lowest BCUT2D eigenvalue weighted by molar-refractivity contribution is -0.121. The summed E-state index contributed by atoms with van der Waals surface area (Å²) in [6.45, 7) is 9.26. The fourth-order valence-electron chi connectivity index (χ4n) is 2.08. The highest BCUT2D eigenvalue weighted by Gasteiger charge is 2.15. The molecule has 0 spiro atoms. The van der Waals surface area contributed by atoms with Gasteiger partial charge in [0.25, 0.3) is 0 Å². The largest absolute Gasteiger partial charge is 0.330 e. The molecule has 1 aromatic carbocycles. The predicted octanol–water partition coefficient (Wildman–Crippen LogP) is 3.47. The van der Waals surface area contributed by atoms with Crippen molar-refractivity contribution in [2.45, 2.75) is 52.4 Å². The van der Waals surface area contributed by atoms with Gasteiger partial charge in [0.1, 0.15) is 5.78 Å². The normalized spacial score (nSPS) is 13.3. The maximum Gasteiger partial charge on any atom is 0.140 e. The molecule has 0 heterocycles. The number of benzene rings is 1. The van der Waals surface area contributed by atoms with Gasteiger partial charge in [-0.05, 0) is 35.9 Å². The Bertz CT molecular complexity index is 400. The monoisotopic (exact) mass is 261 g/mol. The van der Waals surface area contributed by atoms with Crippen molar-refractivity contribution in [3.8, 4) is 0 Å². The lowest BCUT2D eigenvalue weighted by Gasteiger charge is -2.19. The summed E-state index contributed by atoms with van der Waals surface area (Å²) in [5.41, 5.74) is 8.05. The Morgan fingerprint density at radius 2 is 1.79 bits per heavy atom. The van der Waals surface area contributed by atoms with E-state index in [0.29, 0.717) is 18.7 Å². The molecule has 0 bridgehead atoms. The van der Waals surface area contributed by atoms with Crippen LogP contribution in [-0.4, -0.2) is 12.3 Å². The van der Waals surface area contributed by atoms with Crippen molar-refractivity contribution >= 4 is 5.78 Å². The molecule has 1 unspecified atom stereocenters. The Balaban J connectivity index is 2.60. The molecule has 2 nitrogen and oxygen atoms in total. The fourth-order valence-corrected chi connectivity index (χ4v) is 2.08. The van der Waals surface area contributed by atoms with Crippen molar-refractivity contribution in [3.05, 3.63) is 35.4 Å². The number of hydrogen-bond acceptors (Lipinski definition) is 2. The Kier molecular flexibility index (Phi) is 5.74. The molecule has 0 amide bonds. The average Bonchev–Trinajstić information content (AvgIpc) is 2.35. The van der Waals surface area contributed by atoms with Gasteiger partial charge in [-0.15, -0.1) is 0 Å². The first-order valence-corrected chi connectivity index (χ1v) is 7.17. The van der Waals surface area contributed by atoms with Gasteiger partial charge in [0.05, 0.1) is 0 Å². The van der Waals surface area contributed by atoms with Crippen LogP contribution in [0.5, 0.6) is 0 Å². The fraction of sp³-hybridized carbons (Fsp3) is 0.588. The van der Waals surface area contributed by atoms with E-state index in [1.807, 2.05) is 6.92 Å². The van der Waals surface area contributed by atoms with Gasteiger partial charge in [-0.1, -0.05) is 52.0 Å². The summed E-state index contributed by atoms with van der Waals surface area (Å²) < 4.78 is 0. The van der Waals surface area contributed by atoms with Gasteiger partial charge in [-0.3, -0.25) is 4.79 Å². The minimum atomic E-state index is 0.117. The van der Waals surface area contributed by atoms with Crippen molar-refractivity contribution in [2.75, 3.05) is 6.54 Å². The highest BCUT2D eigenvalue weighted by Crippen LogP contribution is 2.22. The lowest BCUT2D eigenvalue weighted by atomic mass is 9.86. The minimum Gasteiger partial charge on any atom is -0.330 e. The molecular weight excluding hydrogens is 234 g/mol. The number of carbonyl (C=O) groups is 1. The number of Topliss-reactive ketones (excluding diaryl/α,β-unsaturated/α-hetero) is 1. The quantitative estimate of drug-likeness (QED) is 0.852. The third-order valence-electron chi connectivity index (χ3n) is 3.59. The molecule has 0 aliphatic rings. The summed E-state index contributed by atoms with van der Waals surface area (Å²) in [4.78, 5) is 12.1. The molecular formula is C17H27NO.